The molecule has 3 amide bonds. The summed E-state index contributed by atoms with van der Waals surface area (Å²) in [4.78, 5) is 29.5. The van der Waals surface area contributed by atoms with Gasteiger partial charge in [0.1, 0.15) is 0 Å². The summed E-state index contributed by atoms with van der Waals surface area (Å²) in [5.74, 6) is 0.203. The molecule has 0 radical (unpaired) electrons. The summed E-state index contributed by atoms with van der Waals surface area (Å²) in [6.45, 7) is 2.59. The predicted molar refractivity (Wildman–Crippen MR) is 91.6 cm³/mol. The highest BCUT2D eigenvalue weighted by Gasteiger charge is 2.26. The molecule has 0 bridgehead atoms. The van der Waals surface area contributed by atoms with Gasteiger partial charge in [-0.25, -0.2) is 4.79 Å². The molecule has 1 saturated carbocycles. The third-order valence-electron chi connectivity index (χ3n) is 4.77. The van der Waals surface area contributed by atoms with Crippen LogP contribution in [0.2, 0.25) is 0 Å². The van der Waals surface area contributed by atoms with E-state index in [1.165, 1.54) is 17.7 Å². The van der Waals surface area contributed by atoms with Crippen LogP contribution in [0.15, 0.2) is 17.5 Å². The van der Waals surface area contributed by atoms with Crippen molar-refractivity contribution in [1.29, 1.82) is 0 Å². The Bertz CT molecular complexity index is 518. The highest BCUT2D eigenvalue weighted by molar-refractivity contribution is 7.09. The van der Waals surface area contributed by atoms with Crippen LogP contribution in [-0.2, 0) is 11.2 Å². The number of carbonyl (C=O) groups is 2. The van der Waals surface area contributed by atoms with Gasteiger partial charge in [-0.2, -0.15) is 0 Å². The second kappa shape index (κ2) is 7.81. The third kappa shape index (κ3) is 4.47. The van der Waals surface area contributed by atoms with Gasteiger partial charge in [-0.3, -0.25) is 4.79 Å². The molecule has 0 aromatic carbocycles. The van der Waals surface area contributed by atoms with Crippen LogP contribution in [0.3, 0.4) is 0 Å². The van der Waals surface area contributed by atoms with Crippen LogP contribution in [-0.4, -0.2) is 54.0 Å². The number of rotatable bonds is 4. The topological polar surface area (TPSA) is 52.7 Å². The number of nitrogens with one attached hydrogen (secondary N) is 1. The van der Waals surface area contributed by atoms with Crippen LogP contribution in [0.1, 0.15) is 37.0 Å². The summed E-state index contributed by atoms with van der Waals surface area (Å²) in [7, 11) is 0. The Morgan fingerprint density at radius 1 is 1.13 bits per heavy atom. The fraction of sp³-hybridized carbons (Fsp3) is 0.647. The van der Waals surface area contributed by atoms with E-state index < -0.39 is 0 Å². The molecule has 0 unspecified atom stereocenters. The summed E-state index contributed by atoms with van der Waals surface area (Å²) < 4.78 is 0. The van der Waals surface area contributed by atoms with Gasteiger partial charge in [0.15, 0.2) is 0 Å². The first-order valence-corrected chi connectivity index (χ1v) is 9.46. The molecule has 6 heteroatoms. The van der Waals surface area contributed by atoms with Gasteiger partial charge < -0.3 is 15.1 Å². The van der Waals surface area contributed by atoms with E-state index >= 15 is 0 Å². The first-order valence-electron chi connectivity index (χ1n) is 8.58. The van der Waals surface area contributed by atoms with E-state index in [0.717, 1.165) is 19.3 Å². The van der Waals surface area contributed by atoms with Gasteiger partial charge in [0.05, 0.1) is 0 Å². The average Bonchev–Trinajstić information content (AvgIpc) is 3.26. The summed E-state index contributed by atoms with van der Waals surface area (Å²) >= 11 is 1.70. The Kier molecular flexibility index (Phi) is 5.54. The maximum absolute atomic E-state index is 12.3. The van der Waals surface area contributed by atoms with E-state index in [-0.39, 0.29) is 11.9 Å². The molecular formula is C17H25N3O2S. The van der Waals surface area contributed by atoms with Gasteiger partial charge in [0.25, 0.3) is 0 Å². The average molecular weight is 335 g/mol. The van der Waals surface area contributed by atoms with Gasteiger partial charge in [-0.1, -0.05) is 18.9 Å². The summed E-state index contributed by atoms with van der Waals surface area (Å²) in [5, 5.41) is 5.16. The molecule has 3 rings (SSSR count). The van der Waals surface area contributed by atoms with Crippen molar-refractivity contribution in [3.8, 4) is 0 Å². The van der Waals surface area contributed by atoms with E-state index in [2.05, 4.69) is 11.4 Å². The van der Waals surface area contributed by atoms with E-state index in [9.17, 15) is 9.59 Å². The fourth-order valence-electron chi connectivity index (χ4n) is 3.34. The number of hydrogen-bond acceptors (Lipinski definition) is 3. The van der Waals surface area contributed by atoms with E-state index in [1.54, 1.807) is 11.3 Å². The van der Waals surface area contributed by atoms with Crippen LogP contribution in [0.4, 0.5) is 4.79 Å². The number of amides is 3. The van der Waals surface area contributed by atoms with E-state index in [4.69, 9.17) is 0 Å². The first kappa shape index (κ1) is 16.3. The third-order valence-corrected chi connectivity index (χ3v) is 5.70. The zero-order chi connectivity index (χ0) is 16.1. The molecule has 23 heavy (non-hydrogen) atoms. The number of piperazine rings is 1. The molecule has 0 spiro atoms. The number of nitrogens with zero attached hydrogens (tertiary/aromatic N) is 2. The van der Waals surface area contributed by atoms with Crippen LogP contribution in [0, 0.1) is 0 Å². The number of hydrogen-bond donors (Lipinski definition) is 1. The summed E-state index contributed by atoms with van der Waals surface area (Å²) in [6.07, 6.45) is 6.03. The molecule has 1 N–H and O–H groups in total. The van der Waals surface area contributed by atoms with Crippen molar-refractivity contribution in [2.45, 2.75) is 44.6 Å². The maximum atomic E-state index is 12.3. The number of thiophene rings is 1. The Labute approximate surface area is 141 Å². The quantitative estimate of drug-likeness (QED) is 0.919. The van der Waals surface area contributed by atoms with Crippen molar-refractivity contribution in [3.05, 3.63) is 22.4 Å². The maximum Gasteiger partial charge on any atom is 0.317 e. The van der Waals surface area contributed by atoms with Crippen LogP contribution < -0.4 is 5.32 Å². The minimum absolute atomic E-state index is 0.0441. The zero-order valence-corrected chi connectivity index (χ0v) is 14.3. The molecule has 0 atom stereocenters. The van der Waals surface area contributed by atoms with Gasteiger partial charge in [-0.05, 0) is 30.7 Å². The Balaban J connectivity index is 1.38. The van der Waals surface area contributed by atoms with Crippen LogP contribution in [0.5, 0.6) is 0 Å². The van der Waals surface area contributed by atoms with Gasteiger partial charge in [0, 0.05) is 43.5 Å². The Morgan fingerprint density at radius 3 is 2.48 bits per heavy atom. The predicted octanol–water partition coefficient (Wildman–Crippen LogP) is 2.48. The van der Waals surface area contributed by atoms with E-state index in [0.29, 0.717) is 38.6 Å². The Hall–Kier alpha value is -1.56. The lowest BCUT2D eigenvalue weighted by molar-refractivity contribution is -0.132. The Morgan fingerprint density at radius 2 is 1.83 bits per heavy atom. The smallest absolute Gasteiger partial charge is 0.317 e. The SMILES string of the molecule is O=C(CCc1cccs1)N1CCN(C(=O)NC2CCCC2)CC1. The normalized spacial score (nSPS) is 19.1. The van der Waals surface area contributed by atoms with Crippen molar-refractivity contribution in [3.63, 3.8) is 0 Å². The van der Waals surface area contributed by atoms with Crippen LogP contribution >= 0.6 is 11.3 Å². The second-order valence-corrected chi connectivity index (χ2v) is 7.41. The molecular weight excluding hydrogens is 310 g/mol. The molecule has 2 fully saturated rings. The van der Waals surface area contributed by atoms with E-state index in [1.807, 2.05) is 21.2 Å². The minimum atomic E-state index is 0.0441. The van der Waals surface area contributed by atoms with Crippen molar-refractivity contribution in [2.75, 3.05) is 26.2 Å². The number of urea groups is 1. The van der Waals surface area contributed by atoms with Gasteiger partial charge >= 0.3 is 6.03 Å². The molecule has 1 aromatic rings. The lowest BCUT2D eigenvalue weighted by Gasteiger charge is -2.35. The molecule has 1 aliphatic heterocycles. The van der Waals surface area contributed by atoms with Crippen molar-refractivity contribution < 1.29 is 9.59 Å². The second-order valence-electron chi connectivity index (χ2n) is 6.38. The standard InChI is InChI=1S/C17H25N3O2S/c21-16(8-7-15-6-3-13-23-15)19-9-11-20(12-10-19)17(22)18-14-4-1-2-5-14/h3,6,13-14H,1-2,4-5,7-12H2,(H,18,22). The summed E-state index contributed by atoms with van der Waals surface area (Å²) in [5.41, 5.74) is 0. The lowest BCUT2D eigenvalue weighted by Crippen LogP contribution is -2.54. The summed E-state index contributed by atoms with van der Waals surface area (Å²) in [6, 6.07) is 4.49. The number of carbonyl (C=O) groups excluding carboxylic acids is 2. The van der Waals surface area contributed by atoms with Gasteiger partial charge in [0.2, 0.25) is 5.91 Å². The van der Waals surface area contributed by atoms with Crippen molar-refractivity contribution in [1.82, 2.24) is 15.1 Å². The fourth-order valence-corrected chi connectivity index (χ4v) is 4.05. The zero-order valence-electron chi connectivity index (χ0n) is 13.5. The first-order chi connectivity index (χ1) is 11.2. The highest BCUT2D eigenvalue weighted by Crippen LogP contribution is 2.18. The molecule has 1 aliphatic carbocycles. The van der Waals surface area contributed by atoms with Crippen LogP contribution in [0.25, 0.3) is 0 Å². The highest BCUT2D eigenvalue weighted by atomic mass is 32.1. The lowest BCUT2D eigenvalue weighted by atomic mass is 10.2. The largest absolute Gasteiger partial charge is 0.339 e. The molecule has 2 heterocycles. The molecule has 5 nitrogen and oxygen atoms in total. The molecule has 2 aliphatic rings. The van der Waals surface area contributed by atoms with Gasteiger partial charge in [-0.15, -0.1) is 11.3 Å². The van der Waals surface area contributed by atoms with Crippen molar-refractivity contribution >= 4 is 23.3 Å². The molecule has 1 aromatic heterocycles. The minimum Gasteiger partial charge on any atom is -0.339 e. The molecule has 1 saturated heterocycles. The monoisotopic (exact) mass is 335 g/mol. The van der Waals surface area contributed by atoms with Crippen molar-refractivity contribution in [2.24, 2.45) is 0 Å². The molecule has 126 valence electrons. The number of aryl methyl sites for hydroxylation is 1.